The SMILES string of the molecule is CC(CN)N(C)S(=O)(=O)CCc1ccccn1. The number of pyridine rings is 1. The van der Waals surface area contributed by atoms with Gasteiger partial charge in [0.1, 0.15) is 0 Å². The van der Waals surface area contributed by atoms with Crippen molar-refractivity contribution in [3.63, 3.8) is 0 Å². The molecule has 1 unspecified atom stereocenters. The average Bonchev–Trinajstić information content (AvgIpc) is 2.36. The molecule has 1 heterocycles. The summed E-state index contributed by atoms with van der Waals surface area (Å²) in [4.78, 5) is 4.10. The van der Waals surface area contributed by atoms with E-state index in [2.05, 4.69) is 4.98 Å². The number of nitrogens with two attached hydrogens (primary N) is 1. The van der Waals surface area contributed by atoms with E-state index in [9.17, 15) is 8.42 Å². The summed E-state index contributed by atoms with van der Waals surface area (Å²) < 4.78 is 25.2. The lowest BCUT2D eigenvalue weighted by Crippen LogP contribution is -2.41. The van der Waals surface area contributed by atoms with E-state index in [0.29, 0.717) is 13.0 Å². The van der Waals surface area contributed by atoms with Crippen LogP contribution in [0.4, 0.5) is 0 Å². The molecule has 96 valence electrons. The van der Waals surface area contributed by atoms with Crippen molar-refractivity contribution in [2.75, 3.05) is 19.3 Å². The predicted molar refractivity (Wildman–Crippen MR) is 68.0 cm³/mol. The third-order valence-electron chi connectivity index (χ3n) is 2.74. The molecule has 0 saturated carbocycles. The Labute approximate surface area is 103 Å². The maximum absolute atomic E-state index is 11.9. The van der Waals surface area contributed by atoms with Gasteiger partial charge in [-0.2, -0.15) is 0 Å². The van der Waals surface area contributed by atoms with E-state index in [1.807, 2.05) is 12.1 Å². The van der Waals surface area contributed by atoms with Crippen LogP contribution in [0.1, 0.15) is 12.6 Å². The normalized spacial score (nSPS) is 13.9. The first-order valence-electron chi connectivity index (χ1n) is 5.53. The number of hydrogen-bond donors (Lipinski definition) is 1. The van der Waals surface area contributed by atoms with Crippen LogP contribution < -0.4 is 5.73 Å². The lowest BCUT2D eigenvalue weighted by atomic mass is 10.3. The van der Waals surface area contributed by atoms with Crippen molar-refractivity contribution in [1.29, 1.82) is 0 Å². The number of hydrogen-bond acceptors (Lipinski definition) is 4. The van der Waals surface area contributed by atoms with E-state index >= 15 is 0 Å². The molecule has 0 radical (unpaired) electrons. The second kappa shape index (κ2) is 6.09. The summed E-state index contributed by atoms with van der Waals surface area (Å²) in [7, 11) is -1.70. The van der Waals surface area contributed by atoms with E-state index in [-0.39, 0.29) is 11.8 Å². The Kier molecular flexibility index (Phi) is 5.04. The zero-order chi connectivity index (χ0) is 12.9. The van der Waals surface area contributed by atoms with Crippen LogP contribution in [0.5, 0.6) is 0 Å². The molecular formula is C11H19N3O2S. The average molecular weight is 257 g/mol. The molecular weight excluding hydrogens is 238 g/mol. The summed E-state index contributed by atoms with van der Waals surface area (Å²) >= 11 is 0. The van der Waals surface area contributed by atoms with Crippen LogP contribution in [-0.4, -0.2) is 43.1 Å². The second-order valence-electron chi connectivity index (χ2n) is 3.99. The van der Waals surface area contributed by atoms with Crippen molar-refractivity contribution in [3.8, 4) is 0 Å². The zero-order valence-corrected chi connectivity index (χ0v) is 11.0. The van der Waals surface area contributed by atoms with Gasteiger partial charge in [-0.1, -0.05) is 6.07 Å². The van der Waals surface area contributed by atoms with Crippen LogP contribution in [0.15, 0.2) is 24.4 Å². The quantitative estimate of drug-likeness (QED) is 0.791. The minimum absolute atomic E-state index is 0.0604. The Bertz CT molecular complexity index is 433. The van der Waals surface area contributed by atoms with Crippen molar-refractivity contribution in [1.82, 2.24) is 9.29 Å². The summed E-state index contributed by atoms with van der Waals surface area (Å²) in [5, 5.41) is 0. The van der Waals surface area contributed by atoms with Gasteiger partial charge >= 0.3 is 0 Å². The molecule has 0 spiro atoms. The minimum atomic E-state index is -3.26. The predicted octanol–water partition coefficient (Wildman–Crippen LogP) is 0.233. The molecule has 0 amide bonds. The summed E-state index contributed by atoms with van der Waals surface area (Å²) in [5.74, 6) is 0.0604. The first-order valence-corrected chi connectivity index (χ1v) is 7.14. The monoisotopic (exact) mass is 257 g/mol. The molecule has 0 aromatic carbocycles. The Morgan fingerprint density at radius 2 is 2.18 bits per heavy atom. The molecule has 5 nitrogen and oxygen atoms in total. The maximum atomic E-state index is 11.9. The van der Waals surface area contributed by atoms with Gasteiger partial charge in [-0.15, -0.1) is 0 Å². The number of likely N-dealkylation sites (N-methyl/N-ethyl adjacent to an activating group) is 1. The highest BCUT2D eigenvalue weighted by Crippen LogP contribution is 2.06. The summed E-state index contributed by atoms with van der Waals surface area (Å²) in [6.07, 6.45) is 2.08. The lowest BCUT2D eigenvalue weighted by molar-refractivity contribution is 0.394. The fourth-order valence-electron chi connectivity index (χ4n) is 1.35. The van der Waals surface area contributed by atoms with Gasteiger partial charge in [-0.25, -0.2) is 12.7 Å². The van der Waals surface area contributed by atoms with Crippen LogP contribution in [0.3, 0.4) is 0 Å². The van der Waals surface area contributed by atoms with Crippen molar-refractivity contribution < 1.29 is 8.42 Å². The molecule has 1 aromatic heterocycles. The first-order chi connectivity index (χ1) is 7.97. The largest absolute Gasteiger partial charge is 0.329 e. The Morgan fingerprint density at radius 3 is 2.71 bits per heavy atom. The van der Waals surface area contributed by atoms with Gasteiger partial charge in [0.2, 0.25) is 10.0 Å². The van der Waals surface area contributed by atoms with Crippen molar-refractivity contribution in [3.05, 3.63) is 30.1 Å². The number of nitrogens with zero attached hydrogens (tertiary/aromatic N) is 2. The molecule has 1 rings (SSSR count). The number of aromatic nitrogens is 1. The van der Waals surface area contributed by atoms with Crippen molar-refractivity contribution in [2.24, 2.45) is 5.73 Å². The van der Waals surface area contributed by atoms with Gasteiger partial charge in [0, 0.05) is 37.9 Å². The smallest absolute Gasteiger partial charge is 0.214 e. The van der Waals surface area contributed by atoms with E-state index in [1.54, 1.807) is 26.2 Å². The molecule has 1 atom stereocenters. The minimum Gasteiger partial charge on any atom is -0.329 e. The Morgan fingerprint density at radius 1 is 1.47 bits per heavy atom. The van der Waals surface area contributed by atoms with Crippen LogP contribution in [0, 0.1) is 0 Å². The van der Waals surface area contributed by atoms with Crippen molar-refractivity contribution >= 4 is 10.0 Å². The highest BCUT2D eigenvalue weighted by molar-refractivity contribution is 7.89. The van der Waals surface area contributed by atoms with E-state index < -0.39 is 10.0 Å². The fraction of sp³-hybridized carbons (Fsp3) is 0.545. The molecule has 1 aromatic rings. The number of aryl methyl sites for hydroxylation is 1. The molecule has 17 heavy (non-hydrogen) atoms. The van der Waals surface area contributed by atoms with Gasteiger partial charge in [0.05, 0.1) is 5.75 Å². The van der Waals surface area contributed by atoms with E-state index in [0.717, 1.165) is 5.69 Å². The van der Waals surface area contributed by atoms with E-state index in [1.165, 1.54) is 4.31 Å². The first kappa shape index (κ1) is 14.1. The standard InChI is InChI=1S/C11H19N3O2S/c1-10(9-12)14(2)17(15,16)8-6-11-5-3-4-7-13-11/h3-5,7,10H,6,8-9,12H2,1-2H3. The van der Waals surface area contributed by atoms with Gasteiger partial charge in [0.15, 0.2) is 0 Å². The van der Waals surface area contributed by atoms with Gasteiger partial charge in [-0.3, -0.25) is 4.98 Å². The lowest BCUT2D eigenvalue weighted by Gasteiger charge is -2.22. The van der Waals surface area contributed by atoms with Crippen LogP contribution in [0.2, 0.25) is 0 Å². The third-order valence-corrected chi connectivity index (χ3v) is 4.70. The summed E-state index contributed by atoms with van der Waals surface area (Å²) in [5.41, 5.74) is 6.24. The van der Waals surface area contributed by atoms with Crippen LogP contribution in [-0.2, 0) is 16.4 Å². The zero-order valence-electron chi connectivity index (χ0n) is 10.2. The molecule has 0 aliphatic rings. The third kappa shape index (κ3) is 4.07. The molecule has 0 saturated heterocycles. The van der Waals surface area contributed by atoms with Gasteiger partial charge in [-0.05, 0) is 19.1 Å². The second-order valence-corrected chi connectivity index (χ2v) is 6.14. The topological polar surface area (TPSA) is 76.3 Å². The van der Waals surface area contributed by atoms with Crippen LogP contribution in [0.25, 0.3) is 0 Å². The van der Waals surface area contributed by atoms with Gasteiger partial charge in [0.25, 0.3) is 0 Å². The summed E-state index contributed by atoms with van der Waals surface area (Å²) in [6.45, 7) is 2.11. The maximum Gasteiger partial charge on any atom is 0.214 e. The van der Waals surface area contributed by atoms with Gasteiger partial charge < -0.3 is 5.73 Å². The molecule has 0 bridgehead atoms. The van der Waals surface area contributed by atoms with E-state index in [4.69, 9.17) is 5.73 Å². The Hall–Kier alpha value is -0.980. The molecule has 6 heteroatoms. The van der Waals surface area contributed by atoms with Crippen molar-refractivity contribution in [2.45, 2.75) is 19.4 Å². The summed E-state index contributed by atoms with van der Waals surface area (Å²) in [6, 6.07) is 5.30. The Balaban J connectivity index is 2.62. The van der Waals surface area contributed by atoms with Crippen LogP contribution >= 0.6 is 0 Å². The molecule has 0 fully saturated rings. The highest BCUT2D eigenvalue weighted by atomic mass is 32.2. The molecule has 2 N–H and O–H groups in total. The number of sulfonamides is 1. The fourth-order valence-corrected chi connectivity index (χ4v) is 2.74. The highest BCUT2D eigenvalue weighted by Gasteiger charge is 2.21. The number of rotatable bonds is 6. The molecule has 0 aliphatic heterocycles. The molecule has 0 aliphatic carbocycles.